The summed E-state index contributed by atoms with van der Waals surface area (Å²) >= 11 is 7.81. The van der Waals surface area contributed by atoms with Crippen molar-refractivity contribution >= 4 is 28.8 Å². The fourth-order valence-electron chi connectivity index (χ4n) is 2.75. The number of ether oxygens (including phenoxy) is 1. The summed E-state index contributed by atoms with van der Waals surface area (Å²) in [5.41, 5.74) is 3.98. The van der Waals surface area contributed by atoms with Gasteiger partial charge in [0.25, 0.3) is 5.91 Å². The average molecular weight is 415 g/mol. The predicted octanol–water partition coefficient (Wildman–Crippen LogP) is 5.47. The lowest BCUT2D eigenvalue weighted by atomic mass is 10.1. The number of nitrogens with zero attached hydrogens (tertiary/aromatic N) is 1. The fourth-order valence-corrected chi connectivity index (χ4v) is 4.07. The second-order valence-electron chi connectivity index (χ2n) is 6.68. The van der Waals surface area contributed by atoms with E-state index in [1.165, 1.54) is 11.3 Å². The summed E-state index contributed by atoms with van der Waals surface area (Å²) in [6.07, 6.45) is -0.586. The van der Waals surface area contributed by atoms with Crippen LogP contribution in [0.2, 0.25) is 5.02 Å². The molecule has 0 radical (unpaired) electrons. The van der Waals surface area contributed by atoms with Crippen LogP contribution in [0.25, 0.3) is 10.6 Å². The van der Waals surface area contributed by atoms with Gasteiger partial charge in [-0.05, 0) is 51.0 Å². The zero-order valence-corrected chi connectivity index (χ0v) is 17.9. The van der Waals surface area contributed by atoms with E-state index in [2.05, 4.69) is 10.3 Å². The minimum Gasteiger partial charge on any atom is -0.481 e. The SMILES string of the molecule is Cc1cccc(OC(C)C(=O)NCc2sc(-c3ccccc3Cl)nc2C)c1C. The molecular weight excluding hydrogens is 392 g/mol. The molecule has 0 aliphatic rings. The Morgan fingerprint density at radius 2 is 1.93 bits per heavy atom. The molecule has 1 N–H and O–H groups in total. The third-order valence-electron chi connectivity index (χ3n) is 4.65. The third-order valence-corrected chi connectivity index (χ3v) is 6.17. The minimum atomic E-state index is -0.586. The number of hydrogen-bond acceptors (Lipinski definition) is 4. The predicted molar refractivity (Wildman–Crippen MR) is 115 cm³/mol. The van der Waals surface area contributed by atoms with Crippen molar-refractivity contribution in [2.24, 2.45) is 0 Å². The maximum atomic E-state index is 12.5. The van der Waals surface area contributed by atoms with Crippen LogP contribution in [0.4, 0.5) is 0 Å². The van der Waals surface area contributed by atoms with Crippen LogP contribution in [-0.2, 0) is 11.3 Å². The molecule has 28 heavy (non-hydrogen) atoms. The standard InChI is InChI=1S/C22H23ClN2O2S/c1-13-8-7-11-19(14(13)2)27-16(4)21(26)24-12-20-15(3)25-22(28-20)17-9-5-6-10-18(17)23/h5-11,16H,12H2,1-4H3,(H,24,26). The summed E-state index contributed by atoms with van der Waals surface area (Å²) in [5.74, 6) is 0.575. The summed E-state index contributed by atoms with van der Waals surface area (Å²) in [5, 5.41) is 4.47. The van der Waals surface area contributed by atoms with Gasteiger partial charge in [0.2, 0.25) is 0 Å². The summed E-state index contributed by atoms with van der Waals surface area (Å²) in [6, 6.07) is 13.5. The van der Waals surface area contributed by atoms with Gasteiger partial charge in [-0.3, -0.25) is 4.79 Å². The van der Waals surface area contributed by atoms with E-state index >= 15 is 0 Å². The number of hydrogen-bond donors (Lipinski definition) is 1. The molecule has 1 amide bonds. The molecule has 4 nitrogen and oxygen atoms in total. The Labute approximate surface area is 174 Å². The smallest absolute Gasteiger partial charge is 0.261 e. The maximum Gasteiger partial charge on any atom is 0.261 e. The lowest BCUT2D eigenvalue weighted by Gasteiger charge is -2.17. The highest BCUT2D eigenvalue weighted by Gasteiger charge is 2.18. The van der Waals surface area contributed by atoms with Crippen LogP contribution in [0.1, 0.15) is 28.6 Å². The Kier molecular flexibility index (Phi) is 6.37. The molecule has 1 aromatic heterocycles. The van der Waals surface area contributed by atoms with Gasteiger partial charge >= 0.3 is 0 Å². The van der Waals surface area contributed by atoms with Crippen molar-refractivity contribution in [3.05, 3.63) is 69.2 Å². The summed E-state index contributed by atoms with van der Waals surface area (Å²) < 4.78 is 5.85. The van der Waals surface area contributed by atoms with Gasteiger partial charge < -0.3 is 10.1 Å². The molecular formula is C22H23ClN2O2S. The minimum absolute atomic E-state index is 0.159. The number of carbonyl (C=O) groups is 1. The summed E-state index contributed by atoms with van der Waals surface area (Å²) in [6.45, 7) is 8.12. The zero-order chi connectivity index (χ0) is 20.3. The largest absolute Gasteiger partial charge is 0.481 e. The van der Waals surface area contributed by atoms with Crippen LogP contribution in [0.15, 0.2) is 42.5 Å². The molecule has 0 spiro atoms. The Morgan fingerprint density at radius 3 is 2.68 bits per heavy atom. The van der Waals surface area contributed by atoms with E-state index in [0.717, 1.165) is 38.0 Å². The first-order valence-electron chi connectivity index (χ1n) is 9.08. The van der Waals surface area contributed by atoms with E-state index in [4.69, 9.17) is 16.3 Å². The molecule has 0 bridgehead atoms. The van der Waals surface area contributed by atoms with Crippen LogP contribution in [0.5, 0.6) is 5.75 Å². The van der Waals surface area contributed by atoms with E-state index in [1.54, 1.807) is 6.92 Å². The van der Waals surface area contributed by atoms with E-state index in [9.17, 15) is 4.79 Å². The number of nitrogens with one attached hydrogen (secondary N) is 1. The number of aryl methyl sites for hydroxylation is 2. The van der Waals surface area contributed by atoms with E-state index in [0.29, 0.717) is 11.6 Å². The van der Waals surface area contributed by atoms with E-state index in [1.807, 2.05) is 63.2 Å². The van der Waals surface area contributed by atoms with Crippen LogP contribution in [0.3, 0.4) is 0 Å². The molecule has 2 aromatic carbocycles. The molecule has 0 aliphatic carbocycles. The Morgan fingerprint density at radius 1 is 1.18 bits per heavy atom. The highest BCUT2D eigenvalue weighted by molar-refractivity contribution is 7.15. The van der Waals surface area contributed by atoms with Crippen molar-refractivity contribution in [1.82, 2.24) is 10.3 Å². The normalized spacial score (nSPS) is 11.9. The van der Waals surface area contributed by atoms with Crippen LogP contribution in [-0.4, -0.2) is 17.0 Å². The van der Waals surface area contributed by atoms with Crippen LogP contribution < -0.4 is 10.1 Å². The number of rotatable bonds is 6. The number of aromatic nitrogens is 1. The highest BCUT2D eigenvalue weighted by Crippen LogP contribution is 2.32. The summed E-state index contributed by atoms with van der Waals surface area (Å²) in [4.78, 5) is 18.1. The van der Waals surface area contributed by atoms with Gasteiger partial charge in [-0.1, -0.05) is 41.9 Å². The van der Waals surface area contributed by atoms with Crippen molar-refractivity contribution in [2.75, 3.05) is 0 Å². The molecule has 0 fully saturated rings. The third kappa shape index (κ3) is 4.54. The molecule has 0 saturated heterocycles. The van der Waals surface area contributed by atoms with Crippen molar-refractivity contribution in [1.29, 1.82) is 0 Å². The van der Waals surface area contributed by atoms with Gasteiger partial charge in [-0.25, -0.2) is 4.98 Å². The fraction of sp³-hybridized carbons (Fsp3) is 0.273. The molecule has 0 aliphatic heterocycles. The number of thiazole rings is 1. The maximum absolute atomic E-state index is 12.5. The molecule has 3 rings (SSSR count). The number of amides is 1. The topological polar surface area (TPSA) is 51.2 Å². The van der Waals surface area contributed by atoms with Crippen molar-refractivity contribution in [3.63, 3.8) is 0 Å². The first-order valence-corrected chi connectivity index (χ1v) is 10.3. The lowest BCUT2D eigenvalue weighted by Crippen LogP contribution is -2.36. The van der Waals surface area contributed by atoms with Gasteiger partial charge in [0.1, 0.15) is 10.8 Å². The lowest BCUT2D eigenvalue weighted by molar-refractivity contribution is -0.127. The van der Waals surface area contributed by atoms with Gasteiger partial charge in [0.05, 0.1) is 17.3 Å². The van der Waals surface area contributed by atoms with Crippen LogP contribution >= 0.6 is 22.9 Å². The molecule has 0 saturated carbocycles. The average Bonchev–Trinajstić information content (AvgIpc) is 3.04. The van der Waals surface area contributed by atoms with E-state index in [-0.39, 0.29) is 5.91 Å². The second kappa shape index (κ2) is 8.76. The summed E-state index contributed by atoms with van der Waals surface area (Å²) in [7, 11) is 0. The van der Waals surface area contributed by atoms with Gasteiger partial charge in [-0.2, -0.15) is 0 Å². The van der Waals surface area contributed by atoms with Crippen molar-refractivity contribution < 1.29 is 9.53 Å². The molecule has 1 heterocycles. The van der Waals surface area contributed by atoms with Gasteiger partial charge in [-0.15, -0.1) is 11.3 Å². The van der Waals surface area contributed by atoms with Gasteiger partial charge in [0.15, 0.2) is 6.10 Å². The number of halogens is 1. The molecule has 1 unspecified atom stereocenters. The zero-order valence-electron chi connectivity index (χ0n) is 16.4. The Balaban J connectivity index is 1.64. The van der Waals surface area contributed by atoms with Crippen molar-refractivity contribution in [2.45, 2.75) is 40.3 Å². The monoisotopic (exact) mass is 414 g/mol. The molecule has 3 aromatic rings. The second-order valence-corrected chi connectivity index (χ2v) is 8.17. The Hall–Kier alpha value is -2.37. The van der Waals surface area contributed by atoms with Crippen molar-refractivity contribution in [3.8, 4) is 16.3 Å². The number of benzene rings is 2. The van der Waals surface area contributed by atoms with Gasteiger partial charge in [0, 0.05) is 10.4 Å². The molecule has 1 atom stereocenters. The quantitative estimate of drug-likeness (QED) is 0.581. The Bertz CT molecular complexity index is 1000. The molecule has 146 valence electrons. The van der Waals surface area contributed by atoms with E-state index < -0.39 is 6.10 Å². The highest BCUT2D eigenvalue weighted by atomic mass is 35.5. The van der Waals surface area contributed by atoms with Crippen LogP contribution in [0, 0.1) is 20.8 Å². The molecule has 6 heteroatoms. The first-order chi connectivity index (χ1) is 13.4. The first kappa shape index (κ1) is 20.4. The number of carbonyl (C=O) groups excluding carboxylic acids is 1.